The van der Waals surface area contributed by atoms with Crippen molar-refractivity contribution in [3.8, 4) is 11.3 Å². The summed E-state index contributed by atoms with van der Waals surface area (Å²) in [6.45, 7) is 3.78. The SMILES string of the molecule is CCNC(=O)COC(=O)c1c(C)c(-c2cccc(Cl)c2)nc2ccccc12. The van der Waals surface area contributed by atoms with Crippen LogP contribution in [0.1, 0.15) is 22.8 Å². The first-order chi connectivity index (χ1) is 13.0. The standard InChI is InChI=1S/C21H19ClN2O3/c1-3-23-18(25)12-27-21(26)19-13(2)20(14-7-6-8-15(22)11-14)24-17-10-5-4-9-16(17)19/h4-11H,3,12H2,1-2H3,(H,23,25). The molecule has 5 nitrogen and oxygen atoms in total. The van der Waals surface area contributed by atoms with E-state index in [0.29, 0.717) is 39.3 Å². The maximum absolute atomic E-state index is 12.8. The van der Waals surface area contributed by atoms with Crippen molar-refractivity contribution in [2.45, 2.75) is 13.8 Å². The quantitative estimate of drug-likeness (QED) is 0.673. The molecule has 1 amide bonds. The Kier molecular flexibility index (Phi) is 5.72. The monoisotopic (exact) mass is 382 g/mol. The van der Waals surface area contributed by atoms with Gasteiger partial charge in [-0.15, -0.1) is 0 Å². The summed E-state index contributed by atoms with van der Waals surface area (Å²) in [4.78, 5) is 29.1. The highest BCUT2D eigenvalue weighted by Gasteiger charge is 2.20. The van der Waals surface area contributed by atoms with Crippen LogP contribution < -0.4 is 5.32 Å². The highest BCUT2D eigenvalue weighted by Crippen LogP contribution is 2.31. The first-order valence-electron chi connectivity index (χ1n) is 8.60. The van der Waals surface area contributed by atoms with Crippen molar-refractivity contribution >= 4 is 34.4 Å². The minimum absolute atomic E-state index is 0.324. The lowest BCUT2D eigenvalue weighted by molar-refractivity contribution is -0.124. The molecule has 2 aromatic carbocycles. The molecular weight excluding hydrogens is 364 g/mol. The van der Waals surface area contributed by atoms with E-state index in [0.717, 1.165) is 5.56 Å². The average Bonchev–Trinajstić information content (AvgIpc) is 2.66. The lowest BCUT2D eigenvalue weighted by atomic mass is 9.98. The second-order valence-corrected chi connectivity index (χ2v) is 6.45. The molecule has 6 heteroatoms. The van der Waals surface area contributed by atoms with Crippen molar-refractivity contribution in [1.29, 1.82) is 0 Å². The van der Waals surface area contributed by atoms with Crippen molar-refractivity contribution in [3.05, 3.63) is 64.7 Å². The van der Waals surface area contributed by atoms with E-state index in [1.54, 1.807) is 19.1 Å². The topological polar surface area (TPSA) is 68.3 Å². The minimum atomic E-state index is -0.555. The van der Waals surface area contributed by atoms with Crippen LogP contribution in [-0.2, 0) is 9.53 Å². The van der Waals surface area contributed by atoms with E-state index in [2.05, 4.69) is 5.32 Å². The van der Waals surface area contributed by atoms with Gasteiger partial charge < -0.3 is 10.1 Å². The van der Waals surface area contributed by atoms with Crippen LogP contribution in [0.15, 0.2) is 48.5 Å². The molecule has 0 aliphatic heterocycles. The molecule has 3 aromatic rings. The van der Waals surface area contributed by atoms with Crippen molar-refractivity contribution in [2.24, 2.45) is 0 Å². The maximum atomic E-state index is 12.8. The molecule has 0 spiro atoms. The third kappa shape index (κ3) is 4.09. The van der Waals surface area contributed by atoms with Gasteiger partial charge in [-0.1, -0.05) is 41.9 Å². The number of rotatable bonds is 5. The summed E-state index contributed by atoms with van der Waals surface area (Å²) >= 11 is 6.12. The Bertz CT molecular complexity index is 1020. The Labute approximate surface area is 162 Å². The summed E-state index contributed by atoms with van der Waals surface area (Å²) < 4.78 is 5.24. The normalized spacial score (nSPS) is 10.6. The van der Waals surface area contributed by atoms with Gasteiger partial charge in [-0.3, -0.25) is 4.79 Å². The molecule has 0 aliphatic carbocycles. The molecule has 0 aliphatic rings. The van der Waals surface area contributed by atoms with Gasteiger partial charge in [0.15, 0.2) is 6.61 Å². The summed E-state index contributed by atoms with van der Waals surface area (Å²) in [5.74, 6) is -0.891. The highest BCUT2D eigenvalue weighted by molar-refractivity contribution is 6.30. The molecule has 0 unspecified atom stereocenters. The summed E-state index contributed by atoms with van der Waals surface area (Å²) in [6.07, 6.45) is 0. The Morgan fingerprint density at radius 2 is 1.93 bits per heavy atom. The van der Waals surface area contributed by atoms with E-state index in [1.807, 2.05) is 43.3 Å². The van der Waals surface area contributed by atoms with E-state index in [1.165, 1.54) is 0 Å². The molecule has 0 atom stereocenters. The van der Waals surface area contributed by atoms with Crippen LogP contribution in [0.3, 0.4) is 0 Å². The van der Waals surface area contributed by atoms with Crippen LogP contribution in [-0.4, -0.2) is 30.0 Å². The predicted molar refractivity (Wildman–Crippen MR) is 106 cm³/mol. The van der Waals surface area contributed by atoms with Gasteiger partial charge in [0.25, 0.3) is 5.91 Å². The Hall–Kier alpha value is -2.92. The number of halogens is 1. The van der Waals surface area contributed by atoms with Crippen molar-refractivity contribution < 1.29 is 14.3 Å². The molecule has 27 heavy (non-hydrogen) atoms. The van der Waals surface area contributed by atoms with Crippen molar-refractivity contribution in [3.63, 3.8) is 0 Å². The number of fused-ring (bicyclic) bond motifs is 1. The van der Waals surface area contributed by atoms with Gasteiger partial charge in [0, 0.05) is 22.5 Å². The third-order valence-electron chi connectivity index (χ3n) is 4.15. The van der Waals surface area contributed by atoms with Gasteiger partial charge in [0.05, 0.1) is 16.8 Å². The molecule has 1 heterocycles. The van der Waals surface area contributed by atoms with E-state index < -0.39 is 5.97 Å². The molecule has 138 valence electrons. The zero-order valence-electron chi connectivity index (χ0n) is 15.1. The zero-order valence-corrected chi connectivity index (χ0v) is 15.8. The second kappa shape index (κ2) is 8.18. The van der Waals surface area contributed by atoms with Crippen LogP contribution in [0.5, 0.6) is 0 Å². The first kappa shape index (κ1) is 18.9. The largest absolute Gasteiger partial charge is 0.452 e. The Morgan fingerprint density at radius 3 is 2.67 bits per heavy atom. The molecule has 0 radical (unpaired) electrons. The van der Waals surface area contributed by atoms with Gasteiger partial charge in [-0.05, 0) is 37.6 Å². The number of nitrogens with zero attached hydrogens (tertiary/aromatic N) is 1. The number of esters is 1. The molecule has 0 saturated carbocycles. The molecule has 1 N–H and O–H groups in total. The number of hydrogen-bond acceptors (Lipinski definition) is 4. The summed E-state index contributed by atoms with van der Waals surface area (Å²) in [7, 11) is 0. The number of carbonyl (C=O) groups is 2. The number of benzene rings is 2. The van der Waals surface area contributed by atoms with Crippen molar-refractivity contribution in [2.75, 3.05) is 13.2 Å². The van der Waals surface area contributed by atoms with Gasteiger partial charge in [0.2, 0.25) is 0 Å². The van der Waals surface area contributed by atoms with Crippen LogP contribution in [0.25, 0.3) is 22.2 Å². The summed E-state index contributed by atoms with van der Waals surface area (Å²) in [6, 6.07) is 14.7. The van der Waals surface area contributed by atoms with Crippen molar-refractivity contribution in [1.82, 2.24) is 10.3 Å². The number of likely N-dealkylation sites (N-methyl/N-ethyl adjacent to an activating group) is 1. The fraction of sp³-hybridized carbons (Fsp3) is 0.190. The van der Waals surface area contributed by atoms with Gasteiger partial charge in [-0.2, -0.15) is 0 Å². The van der Waals surface area contributed by atoms with Crippen LogP contribution in [0.4, 0.5) is 0 Å². The molecule has 0 fully saturated rings. The maximum Gasteiger partial charge on any atom is 0.339 e. The predicted octanol–water partition coefficient (Wildman–Crippen LogP) is 4.16. The highest BCUT2D eigenvalue weighted by atomic mass is 35.5. The van der Waals surface area contributed by atoms with E-state index in [-0.39, 0.29) is 12.5 Å². The number of pyridine rings is 1. The lowest BCUT2D eigenvalue weighted by Gasteiger charge is -2.14. The fourth-order valence-corrected chi connectivity index (χ4v) is 3.13. The minimum Gasteiger partial charge on any atom is -0.452 e. The number of carbonyl (C=O) groups excluding carboxylic acids is 2. The van der Waals surface area contributed by atoms with Gasteiger partial charge in [0.1, 0.15) is 0 Å². The number of ether oxygens (including phenoxy) is 1. The molecule has 3 rings (SSSR count). The number of hydrogen-bond donors (Lipinski definition) is 1. The van der Waals surface area contributed by atoms with Gasteiger partial charge >= 0.3 is 5.97 Å². The zero-order chi connectivity index (χ0) is 19.4. The third-order valence-corrected chi connectivity index (χ3v) is 4.38. The fourth-order valence-electron chi connectivity index (χ4n) is 2.94. The summed E-state index contributed by atoms with van der Waals surface area (Å²) in [5, 5.41) is 3.87. The number of aromatic nitrogens is 1. The van der Waals surface area contributed by atoms with Gasteiger partial charge in [-0.25, -0.2) is 9.78 Å². The van der Waals surface area contributed by atoms with Crippen LogP contribution >= 0.6 is 11.6 Å². The molecular formula is C21H19ClN2O3. The number of amides is 1. The Morgan fingerprint density at radius 1 is 1.15 bits per heavy atom. The van der Waals surface area contributed by atoms with Crippen LogP contribution in [0, 0.1) is 6.92 Å². The molecule has 1 aromatic heterocycles. The first-order valence-corrected chi connectivity index (χ1v) is 8.98. The smallest absolute Gasteiger partial charge is 0.339 e. The average molecular weight is 383 g/mol. The van der Waals surface area contributed by atoms with E-state index in [4.69, 9.17) is 21.3 Å². The molecule has 0 saturated heterocycles. The number of para-hydroxylation sites is 1. The summed E-state index contributed by atoms with van der Waals surface area (Å²) in [5.41, 5.74) is 3.21. The number of nitrogens with one attached hydrogen (secondary N) is 1. The lowest BCUT2D eigenvalue weighted by Crippen LogP contribution is -2.28. The molecule has 0 bridgehead atoms. The van der Waals surface area contributed by atoms with E-state index in [9.17, 15) is 9.59 Å². The Balaban J connectivity index is 2.09. The van der Waals surface area contributed by atoms with Crippen LogP contribution in [0.2, 0.25) is 5.02 Å². The van der Waals surface area contributed by atoms with E-state index >= 15 is 0 Å². The second-order valence-electron chi connectivity index (χ2n) is 6.02.